The molecule has 5 heteroatoms. The molecule has 0 aromatic rings. The maximum absolute atomic E-state index is 11.8. The maximum Gasteiger partial charge on any atom is 0.407 e. The van der Waals surface area contributed by atoms with Crippen LogP contribution in [0, 0.1) is 0 Å². The van der Waals surface area contributed by atoms with Crippen LogP contribution in [0.25, 0.3) is 0 Å². The fraction of sp³-hybridized carbons (Fsp3) is 0.933. The van der Waals surface area contributed by atoms with Gasteiger partial charge in [-0.05, 0) is 60.7 Å². The molecule has 1 aliphatic heterocycles. The van der Waals surface area contributed by atoms with Crippen LogP contribution in [-0.4, -0.2) is 67.8 Å². The van der Waals surface area contributed by atoms with E-state index in [0.29, 0.717) is 0 Å². The zero-order chi connectivity index (χ0) is 15.2. The van der Waals surface area contributed by atoms with Crippen molar-refractivity contribution in [2.75, 3.05) is 40.3 Å². The summed E-state index contributed by atoms with van der Waals surface area (Å²) in [5.74, 6) is 0. The van der Waals surface area contributed by atoms with Gasteiger partial charge in [0.25, 0.3) is 0 Å². The minimum Gasteiger partial charge on any atom is -0.444 e. The quantitative estimate of drug-likeness (QED) is 0.857. The second-order valence-electron chi connectivity index (χ2n) is 6.92. The molecular weight excluding hydrogens is 254 g/mol. The number of carbonyl (C=O) groups excluding carboxylic acids is 1. The molecule has 20 heavy (non-hydrogen) atoms. The average Bonchev–Trinajstić information content (AvgIpc) is 2.49. The summed E-state index contributed by atoms with van der Waals surface area (Å²) in [5.41, 5.74) is -0.424. The molecule has 0 saturated carbocycles. The van der Waals surface area contributed by atoms with E-state index in [4.69, 9.17) is 4.74 Å². The third-order valence-corrected chi connectivity index (χ3v) is 3.41. The van der Waals surface area contributed by atoms with Crippen molar-refractivity contribution < 1.29 is 9.53 Å². The number of amides is 1. The van der Waals surface area contributed by atoms with Gasteiger partial charge in [0.05, 0.1) is 0 Å². The summed E-state index contributed by atoms with van der Waals surface area (Å²) in [5, 5.41) is 3.00. The Kier molecular flexibility index (Phi) is 6.76. The highest BCUT2D eigenvalue weighted by Crippen LogP contribution is 2.13. The van der Waals surface area contributed by atoms with E-state index in [1.807, 2.05) is 20.8 Å². The van der Waals surface area contributed by atoms with E-state index in [1.54, 1.807) is 0 Å². The second kappa shape index (κ2) is 7.84. The number of nitrogens with zero attached hydrogens (tertiary/aromatic N) is 2. The van der Waals surface area contributed by atoms with E-state index in [9.17, 15) is 4.79 Å². The number of nitrogens with one attached hydrogen (secondary N) is 1. The molecule has 1 heterocycles. The van der Waals surface area contributed by atoms with Crippen molar-refractivity contribution in [3.63, 3.8) is 0 Å². The lowest BCUT2D eigenvalue weighted by molar-refractivity contribution is 0.0500. The Morgan fingerprint density at radius 2 is 2.00 bits per heavy atom. The van der Waals surface area contributed by atoms with E-state index in [0.717, 1.165) is 45.4 Å². The molecule has 1 unspecified atom stereocenters. The largest absolute Gasteiger partial charge is 0.444 e. The van der Waals surface area contributed by atoms with Crippen LogP contribution in [0.4, 0.5) is 4.79 Å². The van der Waals surface area contributed by atoms with Gasteiger partial charge in [-0.1, -0.05) is 0 Å². The van der Waals surface area contributed by atoms with Gasteiger partial charge in [-0.3, -0.25) is 0 Å². The van der Waals surface area contributed by atoms with Gasteiger partial charge in [-0.2, -0.15) is 0 Å². The van der Waals surface area contributed by atoms with Crippen LogP contribution in [0.5, 0.6) is 0 Å². The summed E-state index contributed by atoms with van der Waals surface area (Å²) in [6.07, 6.45) is 2.89. The highest BCUT2D eigenvalue weighted by atomic mass is 16.6. The molecule has 0 aromatic heterocycles. The summed E-state index contributed by atoms with van der Waals surface area (Å²) < 4.78 is 5.32. The molecule has 0 radical (unpaired) electrons. The van der Waals surface area contributed by atoms with E-state index in [-0.39, 0.29) is 12.1 Å². The van der Waals surface area contributed by atoms with Gasteiger partial charge in [0.15, 0.2) is 0 Å². The molecule has 1 rings (SSSR count). The van der Waals surface area contributed by atoms with Gasteiger partial charge in [-0.25, -0.2) is 4.79 Å². The monoisotopic (exact) mass is 285 g/mol. The van der Waals surface area contributed by atoms with Gasteiger partial charge >= 0.3 is 6.09 Å². The lowest BCUT2D eigenvalue weighted by Crippen LogP contribution is -2.39. The zero-order valence-corrected chi connectivity index (χ0v) is 13.7. The fourth-order valence-corrected chi connectivity index (χ4v) is 2.34. The number of carbonyl (C=O) groups is 1. The number of alkyl carbamates (subject to hydrolysis) is 1. The second-order valence-corrected chi connectivity index (χ2v) is 6.92. The van der Waals surface area contributed by atoms with Crippen LogP contribution in [0.15, 0.2) is 0 Å². The third kappa shape index (κ3) is 7.70. The number of ether oxygens (including phenoxy) is 1. The number of likely N-dealkylation sites (N-methyl/N-ethyl adjacent to an activating group) is 1. The summed E-state index contributed by atoms with van der Waals surface area (Å²) in [4.78, 5) is 16.5. The normalized spacial score (nSPS) is 21.6. The Hall–Kier alpha value is -0.810. The van der Waals surface area contributed by atoms with Crippen LogP contribution >= 0.6 is 0 Å². The van der Waals surface area contributed by atoms with E-state index in [1.165, 1.54) is 0 Å². The Bertz CT molecular complexity index is 300. The van der Waals surface area contributed by atoms with Gasteiger partial charge in [0.2, 0.25) is 0 Å². The lowest BCUT2D eigenvalue weighted by Gasteiger charge is -2.23. The van der Waals surface area contributed by atoms with E-state index >= 15 is 0 Å². The first-order chi connectivity index (χ1) is 9.26. The molecule has 0 aliphatic carbocycles. The minimum absolute atomic E-state index is 0.245. The topological polar surface area (TPSA) is 44.8 Å². The van der Waals surface area contributed by atoms with Crippen molar-refractivity contribution in [3.8, 4) is 0 Å². The molecule has 1 fully saturated rings. The van der Waals surface area contributed by atoms with Crippen molar-refractivity contribution in [2.45, 2.75) is 51.7 Å². The Labute approximate surface area is 123 Å². The van der Waals surface area contributed by atoms with Crippen LogP contribution in [0.3, 0.4) is 0 Å². The highest BCUT2D eigenvalue weighted by Gasteiger charge is 2.22. The predicted octanol–water partition coefficient (Wildman–Crippen LogP) is 1.93. The molecule has 1 N–H and O–H groups in total. The van der Waals surface area contributed by atoms with Gasteiger partial charge < -0.3 is 19.9 Å². The Morgan fingerprint density at radius 1 is 1.30 bits per heavy atom. The molecule has 1 atom stereocenters. The van der Waals surface area contributed by atoms with Gasteiger partial charge in [-0.15, -0.1) is 0 Å². The van der Waals surface area contributed by atoms with E-state index < -0.39 is 5.60 Å². The van der Waals surface area contributed by atoms with Crippen molar-refractivity contribution in [1.29, 1.82) is 0 Å². The number of rotatable bonds is 4. The van der Waals surface area contributed by atoms with Gasteiger partial charge in [0.1, 0.15) is 5.60 Å². The molecule has 5 nitrogen and oxygen atoms in total. The van der Waals surface area contributed by atoms with Crippen LogP contribution in [0.2, 0.25) is 0 Å². The Balaban J connectivity index is 2.31. The number of hydrogen-bond donors (Lipinski definition) is 1. The standard InChI is InChI=1S/C15H31N3O2/c1-15(2,3)20-14(19)16-13-7-6-9-18(10-8-13)12-11-17(4)5/h13H,6-12H2,1-5H3,(H,16,19). The molecule has 1 saturated heterocycles. The third-order valence-electron chi connectivity index (χ3n) is 3.41. The molecular formula is C15H31N3O2. The minimum atomic E-state index is -0.424. The summed E-state index contributed by atoms with van der Waals surface area (Å²) in [6.45, 7) is 10.0. The summed E-state index contributed by atoms with van der Waals surface area (Å²) in [6, 6.07) is 0.245. The average molecular weight is 285 g/mol. The van der Waals surface area contributed by atoms with Crippen molar-refractivity contribution in [1.82, 2.24) is 15.1 Å². The van der Waals surface area contributed by atoms with E-state index in [2.05, 4.69) is 29.2 Å². The first kappa shape index (κ1) is 17.2. The van der Waals surface area contributed by atoms with Crippen LogP contribution in [-0.2, 0) is 4.74 Å². The van der Waals surface area contributed by atoms with Crippen LogP contribution < -0.4 is 5.32 Å². The van der Waals surface area contributed by atoms with Crippen molar-refractivity contribution in [2.24, 2.45) is 0 Å². The van der Waals surface area contributed by atoms with Crippen LogP contribution in [0.1, 0.15) is 40.0 Å². The molecule has 0 spiro atoms. The number of hydrogen-bond acceptors (Lipinski definition) is 4. The summed E-state index contributed by atoms with van der Waals surface area (Å²) >= 11 is 0. The molecule has 1 amide bonds. The predicted molar refractivity (Wildman–Crippen MR) is 82.0 cm³/mol. The van der Waals surface area contributed by atoms with Crippen molar-refractivity contribution >= 4 is 6.09 Å². The SMILES string of the molecule is CN(C)CCN1CCCC(NC(=O)OC(C)(C)C)CC1. The zero-order valence-electron chi connectivity index (χ0n) is 13.7. The highest BCUT2D eigenvalue weighted by molar-refractivity contribution is 5.68. The first-order valence-electron chi connectivity index (χ1n) is 7.63. The molecule has 118 valence electrons. The van der Waals surface area contributed by atoms with Gasteiger partial charge in [0, 0.05) is 25.7 Å². The summed E-state index contributed by atoms with van der Waals surface area (Å²) in [7, 11) is 4.20. The lowest BCUT2D eigenvalue weighted by atomic mass is 10.1. The first-order valence-corrected chi connectivity index (χ1v) is 7.63. The smallest absolute Gasteiger partial charge is 0.407 e. The molecule has 0 bridgehead atoms. The molecule has 0 aromatic carbocycles. The fourth-order valence-electron chi connectivity index (χ4n) is 2.34. The maximum atomic E-state index is 11.8. The molecule has 1 aliphatic rings. The van der Waals surface area contributed by atoms with Crippen molar-refractivity contribution in [3.05, 3.63) is 0 Å². The Morgan fingerprint density at radius 3 is 2.60 bits per heavy atom. The number of likely N-dealkylation sites (tertiary alicyclic amines) is 1.